The zero-order chi connectivity index (χ0) is 14.4. The minimum atomic E-state index is -5.60. The summed E-state index contributed by atoms with van der Waals surface area (Å²) < 4.78 is 76.0. The predicted molar refractivity (Wildman–Crippen MR) is 53.8 cm³/mol. The van der Waals surface area contributed by atoms with Gasteiger partial charge in [-0.2, -0.15) is 26.3 Å². The molecule has 18 heavy (non-hydrogen) atoms. The third-order valence-electron chi connectivity index (χ3n) is 3.02. The van der Waals surface area contributed by atoms with Crippen molar-refractivity contribution in [3.05, 3.63) is 0 Å². The van der Waals surface area contributed by atoms with E-state index in [2.05, 4.69) is 0 Å². The summed E-state index contributed by atoms with van der Waals surface area (Å²) in [5.74, 6) is -1.76. The van der Waals surface area contributed by atoms with E-state index in [4.69, 9.17) is 0 Å². The summed E-state index contributed by atoms with van der Waals surface area (Å²) in [6, 6.07) is 0. The minimum absolute atomic E-state index is 0.164. The van der Waals surface area contributed by atoms with Crippen LogP contribution in [0.25, 0.3) is 0 Å². The Hall–Kier alpha value is -0.600. The van der Waals surface area contributed by atoms with Crippen molar-refractivity contribution in [3.8, 4) is 0 Å². The van der Waals surface area contributed by atoms with Gasteiger partial charge in [0.25, 0.3) is 4.87 Å². The molecule has 0 aliphatic carbocycles. The summed E-state index contributed by atoms with van der Waals surface area (Å²) in [4.78, 5) is 7.33. The molecule has 0 aromatic carbocycles. The van der Waals surface area contributed by atoms with Gasteiger partial charge in [-0.25, -0.2) is 0 Å². The molecule has 106 valence electrons. The first-order chi connectivity index (χ1) is 7.90. The minimum Gasteiger partial charge on any atom is -0.326 e. The normalized spacial score (nSPS) is 29.0. The van der Waals surface area contributed by atoms with Crippen molar-refractivity contribution in [2.75, 3.05) is 5.75 Å². The summed E-state index contributed by atoms with van der Waals surface area (Å²) >= 11 is -0.322. The van der Waals surface area contributed by atoms with E-state index in [0.717, 1.165) is 5.32 Å². The molecule has 0 spiro atoms. The fourth-order valence-corrected chi connectivity index (χ4v) is 2.77. The highest BCUT2D eigenvalue weighted by Crippen LogP contribution is 2.54. The number of hydrogen-bond acceptors (Lipinski definition) is 2. The lowest BCUT2D eigenvalue weighted by molar-refractivity contribution is -0.273. The van der Waals surface area contributed by atoms with Crippen LogP contribution < -0.4 is 5.32 Å². The summed E-state index contributed by atoms with van der Waals surface area (Å²) in [7, 11) is 0. The van der Waals surface area contributed by atoms with Crippen LogP contribution in [0, 0.1) is 5.41 Å². The Labute approximate surface area is 103 Å². The second kappa shape index (κ2) is 4.21. The molecule has 1 saturated heterocycles. The first-order valence-corrected chi connectivity index (χ1v) is 5.98. The van der Waals surface area contributed by atoms with Crippen molar-refractivity contribution in [3.63, 3.8) is 0 Å². The van der Waals surface area contributed by atoms with Crippen molar-refractivity contribution < 1.29 is 31.1 Å². The molecule has 0 saturated carbocycles. The van der Waals surface area contributed by atoms with Crippen LogP contribution in [0.5, 0.6) is 0 Å². The van der Waals surface area contributed by atoms with Gasteiger partial charge in [0.05, 0.1) is 5.41 Å². The molecule has 1 heterocycles. The highest BCUT2D eigenvalue weighted by Gasteiger charge is 2.74. The van der Waals surface area contributed by atoms with Gasteiger partial charge in [0, 0.05) is 5.75 Å². The predicted octanol–water partition coefficient (Wildman–Crippen LogP) is 3.09. The zero-order valence-electron chi connectivity index (χ0n) is 9.50. The van der Waals surface area contributed by atoms with E-state index in [-0.39, 0.29) is 18.2 Å². The maximum absolute atomic E-state index is 12.7. The average molecular weight is 295 g/mol. The van der Waals surface area contributed by atoms with E-state index in [9.17, 15) is 31.1 Å². The lowest BCUT2D eigenvalue weighted by Gasteiger charge is -2.45. The highest BCUT2D eigenvalue weighted by molar-refractivity contribution is 8.00. The second-order valence-corrected chi connectivity index (χ2v) is 5.52. The average Bonchev–Trinajstić information content (AvgIpc) is 2.18. The number of rotatable bonds is 1. The smallest absolute Gasteiger partial charge is 0.326 e. The summed E-state index contributed by atoms with van der Waals surface area (Å²) in [6.07, 6.45) is -11.0. The molecule has 9 heteroatoms. The fraction of sp³-hybridized carbons (Fsp3) is 0.889. The van der Waals surface area contributed by atoms with Gasteiger partial charge in [-0.1, -0.05) is 6.92 Å². The van der Waals surface area contributed by atoms with Crippen molar-refractivity contribution in [2.45, 2.75) is 37.5 Å². The van der Waals surface area contributed by atoms with Crippen LogP contribution in [0.1, 0.15) is 20.3 Å². The van der Waals surface area contributed by atoms with Crippen molar-refractivity contribution in [2.24, 2.45) is 5.41 Å². The fourth-order valence-electron chi connectivity index (χ4n) is 1.41. The molecule has 0 aromatic heterocycles. The Bertz CT molecular complexity index is 338. The summed E-state index contributed by atoms with van der Waals surface area (Å²) in [6.45, 7) is 2.88. The van der Waals surface area contributed by atoms with Crippen molar-refractivity contribution >= 4 is 17.7 Å². The molecule has 0 aromatic rings. The molecular weight excluding hydrogens is 284 g/mol. The third-order valence-corrected chi connectivity index (χ3v) is 4.80. The molecule has 0 radical (unpaired) electrons. The summed E-state index contributed by atoms with van der Waals surface area (Å²) in [5.41, 5.74) is -1.22. The SMILES string of the molecule is CCC1(C)CSC(C(F)(F)F)(C(F)(F)F)NC1=O. The van der Waals surface area contributed by atoms with Crippen LogP contribution >= 0.6 is 11.8 Å². The van der Waals surface area contributed by atoms with Gasteiger partial charge in [-0.05, 0) is 13.3 Å². The van der Waals surface area contributed by atoms with E-state index < -0.39 is 34.3 Å². The van der Waals surface area contributed by atoms with Crippen molar-refractivity contribution in [1.82, 2.24) is 5.32 Å². The number of thioether (sulfide) groups is 1. The van der Waals surface area contributed by atoms with Gasteiger partial charge in [-0.3, -0.25) is 4.79 Å². The molecule has 1 rings (SSSR count). The Kier molecular flexibility index (Phi) is 3.61. The lowest BCUT2D eigenvalue weighted by Crippen LogP contribution is -2.70. The van der Waals surface area contributed by atoms with Crippen LogP contribution in [-0.4, -0.2) is 28.9 Å². The molecule has 1 fully saturated rings. The van der Waals surface area contributed by atoms with E-state index in [0.29, 0.717) is 0 Å². The number of carbonyl (C=O) groups excluding carboxylic acids is 1. The highest BCUT2D eigenvalue weighted by atomic mass is 32.2. The Morgan fingerprint density at radius 1 is 1.22 bits per heavy atom. The molecule has 2 nitrogen and oxygen atoms in total. The molecular formula is C9H11F6NOS. The molecule has 1 N–H and O–H groups in total. The van der Waals surface area contributed by atoms with Gasteiger partial charge < -0.3 is 5.32 Å². The maximum Gasteiger partial charge on any atom is 0.430 e. The number of alkyl halides is 6. The quantitative estimate of drug-likeness (QED) is 0.753. The van der Waals surface area contributed by atoms with E-state index in [1.54, 1.807) is 0 Å². The number of hydrogen-bond donors (Lipinski definition) is 1. The van der Waals surface area contributed by atoms with Crippen LogP contribution in [0.3, 0.4) is 0 Å². The molecule has 0 bridgehead atoms. The second-order valence-electron chi connectivity index (χ2n) is 4.33. The van der Waals surface area contributed by atoms with Crippen LogP contribution in [0.15, 0.2) is 0 Å². The van der Waals surface area contributed by atoms with Crippen molar-refractivity contribution in [1.29, 1.82) is 0 Å². The Morgan fingerprint density at radius 3 is 1.94 bits per heavy atom. The molecule has 1 unspecified atom stereocenters. The molecule has 1 amide bonds. The molecule has 1 aliphatic rings. The van der Waals surface area contributed by atoms with E-state index >= 15 is 0 Å². The Morgan fingerprint density at radius 2 is 1.67 bits per heavy atom. The van der Waals surface area contributed by atoms with Gasteiger partial charge >= 0.3 is 12.4 Å². The maximum atomic E-state index is 12.7. The standard InChI is InChI=1S/C9H11F6NOS/c1-3-6(2)4-18-7(8(10,11)12,9(13,14)15)16-5(6)17/h3-4H2,1-2H3,(H,16,17). The topological polar surface area (TPSA) is 29.1 Å². The van der Waals surface area contributed by atoms with Crippen LogP contribution in [0.2, 0.25) is 0 Å². The number of nitrogens with one attached hydrogen (secondary N) is 1. The van der Waals surface area contributed by atoms with E-state index in [1.165, 1.54) is 13.8 Å². The van der Waals surface area contributed by atoms with Gasteiger partial charge in [-0.15, -0.1) is 11.8 Å². The summed E-state index contributed by atoms with van der Waals surface area (Å²) in [5, 5.41) is 1.13. The number of halogens is 6. The zero-order valence-corrected chi connectivity index (χ0v) is 10.3. The largest absolute Gasteiger partial charge is 0.430 e. The monoisotopic (exact) mass is 295 g/mol. The van der Waals surface area contributed by atoms with Gasteiger partial charge in [0.2, 0.25) is 5.91 Å². The first-order valence-electron chi connectivity index (χ1n) is 5.00. The number of carbonyl (C=O) groups is 1. The van der Waals surface area contributed by atoms with E-state index in [1.807, 2.05) is 0 Å². The Balaban J connectivity index is 3.18. The van der Waals surface area contributed by atoms with Crippen LogP contribution in [-0.2, 0) is 4.79 Å². The van der Waals surface area contributed by atoms with Gasteiger partial charge in [0.15, 0.2) is 0 Å². The first kappa shape index (κ1) is 15.5. The van der Waals surface area contributed by atoms with Gasteiger partial charge in [0.1, 0.15) is 0 Å². The number of amides is 1. The lowest BCUT2D eigenvalue weighted by atomic mass is 9.88. The van der Waals surface area contributed by atoms with Crippen LogP contribution in [0.4, 0.5) is 26.3 Å². The molecule has 1 atom stereocenters. The molecule has 1 aliphatic heterocycles. The third kappa shape index (κ3) is 2.17.